The minimum absolute atomic E-state index is 0. The zero-order chi connectivity index (χ0) is 47.5. The topological polar surface area (TPSA) is 91.7 Å². The Morgan fingerprint density at radius 2 is 1.16 bits per heavy atom. The van der Waals surface area contributed by atoms with Crippen LogP contribution in [0.1, 0.15) is 108 Å². The fourth-order valence-electron chi connectivity index (χ4n) is 6.74. The number of hydrogen-bond acceptors (Lipinski definition) is 7. The molecule has 16 heteroatoms. The van der Waals surface area contributed by atoms with Crippen molar-refractivity contribution in [3.63, 3.8) is 0 Å². The highest BCUT2D eigenvalue weighted by atomic mass is 79.9. The summed E-state index contributed by atoms with van der Waals surface area (Å²) in [5.41, 5.74) is 0.00425. The molecule has 7 nitrogen and oxygen atoms in total. The predicted octanol–water partition coefficient (Wildman–Crippen LogP) is 15.2. The van der Waals surface area contributed by atoms with E-state index in [-0.39, 0.29) is 45.7 Å². The quantitative estimate of drug-likeness (QED) is 0.0858. The average Bonchev–Trinajstić information content (AvgIpc) is 3.25. The van der Waals surface area contributed by atoms with Crippen molar-refractivity contribution >= 4 is 50.7 Å². The third-order valence-corrected chi connectivity index (χ3v) is 11.0. The van der Waals surface area contributed by atoms with Gasteiger partial charge in [0.1, 0.15) is 11.5 Å². The lowest BCUT2D eigenvalue weighted by Crippen LogP contribution is -2.41. The number of nitrogens with one attached hydrogen (secondary N) is 1. The molecular weight excluding hydrogens is 983 g/mol. The van der Waals surface area contributed by atoms with E-state index in [0.29, 0.717) is 58.3 Å². The van der Waals surface area contributed by atoms with Crippen molar-refractivity contribution in [2.45, 2.75) is 92.3 Å². The molecular formula is C51H66BrCl2F6N3O4. The number of nitrogens with zero attached hydrogens (tertiary/aromatic N) is 2. The number of piperidine rings is 2. The Balaban J connectivity index is 0.00000101. The standard InChI is InChI=1S/C23H25ClF3NO2.C13H16F3NO.C10H10BrClO.C2H3N.3CH4/c1-16(22(29)18-4-8-20(24)9-5-18)13-28-12-2-3-17(14-28)15-30-21-10-6-19(7-11-21)23(25,26)27;14-13(15,16)11-3-5-12(6-4-11)18-9-10-2-1-7-17-8-10;1-10(2,11)9(13)7-3-5-8(12)6-4-7;1-2-3;;;/h4-11,16-17H,2-3,12-15H2,1H3;3-6,10,17H,1-2,7-9H2;3-6H,1-2H3;1H3;3*1H4. The van der Waals surface area contributed by atoms with Crippen LogP contribution >= 0.6 is 39.1 Å². The summed E-state index contributed by atoms with van der Waals surface area (Å²) in [6.07, 6.45) is -4.40. The number of ether oxygens (including phenoxy) is 2. The second-order valence-electron chi connectivity index (χ2n) is 16.0. The molecule has 0 amide bonds. The Hall–Kier alpha value is -4.13. The molecule has 2 aliphatic heterocycles. The van der Waals surface area contributed by atoms with Crippen LogP contribution in [0.2, 0.25) is 10.0 Å². The van der Waals surface area contributed by atoms with E-state index in [1.165, 1.54) is 31.2 Å². The van der Waals surface area contributed by atoms with Gasteiger partial charge in [-0.1, -0.05) is 68.3 Å². The van der Waals surface area contributed by atoms with E-state index in [0.717, 1.165) is 76.1 Å². The van der Waals surface area contributed by atoms with Crippen LogP contribution in [0.25, 0.3) is 0 Å². The maximum absolute atomic E-state index is 12.7. The number of benzene rings is 4. The molecule has 6 rings (SSSR count). The van der Waals surface area contributed by atoms with Gasteiger partial charge in [0.05, 0.1) is 34.7 Å². The number of carbonyl (C=O) groups excluding carboxylic acids is 2. The molecule has 0 bridgehead atoms. The Morgan fingerprint density at radius 3 is 1.57 bits per heavy atom. The first kappa shape index (κ1) is 62.9. The molecule has 2 fully saturated rings. The molecule has 0 saturated carbocycles. The summed E-state index contributed by atoms with van der Waals surface area (Å²) in [4.78, 5) is 26.6. The fraction of sp³-hybridized carbons (Fsp3) is 0.471. The number of alkyl halides is 7. The van der Waals surface area contributed by atoms with E-state index in [1.807, 2.05) is 20.8 Å². The van der Waals surface area contributed by atoms with Crippen molar-refractivity contribution in [1.29, 1.82) is 5.26 Å². The molecule has 3 atom stereocenters. The van der Waals surface area contributed by atoms with Crippen LogP contribution in [0.3, 0.4) is 0 Å². The molecule has 4 aromatic carbocycles. The van der Waals surface area contributed by atoms with E-state index in [2.05, 4.69) is 26.1 Å². The predicted molar refractivity (Wildman–Crippen MR) is 264 cm³/mol. The van der Waals surface area contributed by atoms with Crippen LogP contribution in [-0.2, 0) is 12.4 Å². The molecule has 0 aromatic heterocycles. The second-order valence-corrected chi connectivity index (χ2v) is 18.8. The Morgan fingerprint density at radius 1 is 0.746 bits per heavy atom. The zero-order valence-electron chi connectivity index (χ0n) is 36.2. The van der Waals surface area contributed by atoms with Crippen molar-refractivity contribution in [3.8, 4) is 17.6 Å². The van der Waals surface area contributed by atoms with Gasteiger partial charge in [0.25, 0.3) is 0 Å². The van der Waals surface area contributed by atoms with E-state index in [9.17, 15) is 35.9 Å². The normalized spacial score (nSPS) is 16.3. The van der Waals surface area contributed by atoms with Gasteiger partial charge in [-0.15, -0.1) is 0 Å². The number of rotatable bonds is 12. The highest BCUT2D eigenvalue weighted by Gasteiger charge is 2.31. The van der Waals surface area contributed by atoms with Gasteiger partial charge in [0.2, 0.25) is 0 Å². The van der Waals surface area contributed by atoms with Gasteiger partial charge >= 0.3 is 12.4 Å². The Kier molecular flexibility index (Phi) is 28.5. The van der Waals surface area contributed by atoms with Crippen molar-refractivity contribution in [2.75, 3.05) is 45.9 Å². The van der Waals surface area contributed by atoms with Gasteiger partial charge < -0.3 is 19.7 Å². The van der Waals surface area contributed by atoms with Crippen molar-refractivity contribution < 1.29 is 45.4 Å². The van der Waals surface area contributed by atoms with Crippen molar-refractivity contribution in [1.82, 2.24) is 10.2 Å². The van der Waals surface area contributed by atoms with Gasteiger partial charge in [-0.25, -0.2) is 0 Å². The van der Waals surface area contributed by atoms with Crippen LogP contribution < -0.4 is 14.8 Å². The van der Waals surface area contributed by atoms with Crippen molar-refractivity contribution in [3.05, 3.63) is 129 Å². The van der Waals surface area contributed by atoms with Crippen LogP contribution in [0.4, 0.5) is 26.3 Å². The number of hydrogen-bond donors (Lipinski definition) is 1. The Labute approximate surface area is 412 Å². The first-order valence-corrected chi connectivity index (χ1v) is 22.3. The van der Waals surface area contributed by atoms with Gasteiger partial charge in [0, 0.05) is 65.5 Å². The summed E-state index contributed by atoms with van der Waals surface area (Å²) in [5.74, 6) is 1.67. The average molecular weight is 1050 g/mol. The molecule has 4 aromatic rings. The van der Waals surface area contributed by atoms with E-state index < -0.39 is 27.8 Å². The second kappa shape index (κ2) is 30.4. The summed E-state index contributed by atoms with van der Waals surface area (Å²) < 4.78 is 85.7. The lowest BCUT2D eigenvalue weighted by atomic mass is 9.95. The minimum atomic E-state index is -4.34. The van der Waals surface area contributed by atoms with Gasteiger partial charge in [-0.05, 0) is 150 Å². The van der Waals surface area contributed by atoms with Gasteiger partial charge in [-0.3, -0.25) is 9.59 Å². The molecule has 0 spiro atoms. The summed E-state index contributed by atoms with van der Waals surface area (Å²) in [6.45, 7) is 12.4. The van der Waals surface area contributed by atoms with E-state index >= 15 is 0 Å². The third kappa shape index (κ3) is 23.2. The van der Waals surface area contributed by atoms with Gasteiger partial charge in [0.15, 0.2) is 11.6 Å². The smallest absolute Gasteiger partial charge is 0.416 e. The Bertz CT molecular complexity index is 2050. The monoisotopic (exact) mass is 1050 g/mol. The lowest BCUT2D eigenvalue weighted by Gasteiger charge is -2.34. The molecule has 1 N–H and O–H groups in total. The van der Waals surface area contributed by atoms with Gasteiger partial charge in [-0.2, -0.15) is 31.6 Å². The third-order valence-electron chi connectivity index (χ3n) is 10.1. The fourth-order valence-corrected chi connectivity index (χ4v) is 7.22. The summed E-state index contributed by atoms with van der Waals surface area (Å²) >= 11 is 14.9. The number of Topliss-reactive ketones (excluding diaryl/α,β-unsaturated/α-hetero) is 2. The van der Waals surface area contributed by atoms with E-state index in [1.54, 1.807) is 54.6 Å². The summed E-state index contributed by atoms with van der Waals surface area (Å²) in [7, 11) is 0. The molecule has 2 saturated heterocycles. The maximum atomic E-state index is 12.7. The summed E-state index contributed by atoms with van der Waals surface area (Å²) in [6, 6.07) is 25.2. The summed E-state index contributed by atoms with van der Waals surface area (Å²) in [5, 5.41) is 11.8. The van der Waals surface area contributed by atoms with Crippen LogP contribution in [-0.4, -0.2) is 66.7 Å². The largest absolute Gasteiger partial charge is 0.493 e. The minimum Gasteiger partial charge on any atom is -0.493 e. The SMILES string of the molecule is C.C.C.CC#N.CC(C)(Br)C(=O)c1ccc(Cl)cc1.CC(CN1CCCC(COc2ccc(C(F)(F)F)cc2)C1)C(=O)c1ccc(Cl)cc1.FC(F)(F)c1ccc(OCC2CCCNC2)cc1. The number of ketones is 2. The number of halogens is 9. The zero-order valence-corrected chi connectivity index (χ0v) is 39.3. The number of likely N-dealkylation sites (tertiary alicyclic amines) is 1. The molecule has 2 aliphatic rings. The molecule has 3 unspecified atom stereocenters. The lowest BCUT2D eigenvalue weighted by molar-refractivity contribution is -0.138. The number of carbonyl (C=O) groups is 2. The first-order valence-electron chi connectivity index (χ1n) is 20.7. The molecule has 372 valence electrons. The van der Waals surface area contributed by atoms with Crippen molar-refractivity contribution in [2.24, 2.45) is 17.8 Å². The van der Waals surface area contributed by atoms with Crippen LogP contribution in [0, 0.1) is 29.1 Å². The molecule has 67 heavy (non-hydrogen) atoms. The molecule has 0 aliphatic carbocycles. The van der Waals surface area contributed by atoms with Crippen LogP contribution in [0.5, 0.6) is 11.5 Å². The highest BCUT2D eigenvalue weighted by Crippen LogP contribution is 2.32. The highest BCUT2D eigenvalue weighted by molar-refractivity contribution is 9.10. The number of nitriles is 1. The maximum Gasteiger partial charge on any atom is 0.416 e. The van der Waals surface area contributed by atoms with Crippen LogP contribution in [0.15, 0.2) is 97.1 Å². The first-order chi connectivity index (χ1) is 30.1. The molecule has 2 heterocycles. The van der Waals surface area contributed by atoms with E-state index in [4.69, 9.17) is 37.9 Å². The molecule has 0 radical (unpaired) electrons.